The molecule has 0 aromatic heterocycles. The van der Waals surface area contributed by atoms with Gasteiger partial charge in [0, 0.05) is 81.9 Å². The molecule has 5 atom stereocenters. The van der Waals surface area contributed by atoms with Gasteiger partial charge >= 0.3 is 0 Å². The zero-order valence-corrected chi connectivity index (χ0v) is 37.1. The van der Waals surface area contributed by atoms with Gasteiger partial charge in [0.1, 0.15) is 5.75 Å². The molecule has 1 aromatic carbocycles. The molecule has 0 radical (unpaired) electrons. The molecular formula is C42H78N14O6. The highest BCUT2D eigenvalue weighted by atomic mass is 16.3. The lowest BCUT2D eigenvalue weighted by molar-refractivity contribution is -0.125. The molecule has 0 saturated carbocycles. The second-order valence-electron chi connectivity index (χ2n) is 15.7. The monoisotopic (exact) mass is 875 g/mol. The van der Waals surface area contributed by atoms with Crippen molar-refractivity contribution >= 4 is 41.5 Å². The number of hydrogen-bond acceptors (Lipinski definition) is 11. The number of nitrogens with two attached hydrogens (primary N) is 6. The Balaban J connectivity index is 2.89. The summed E-state index contributed by atoms with van der Waals surface area (Å²) in [6, 6.07) is 5.04. The third kappa shape index (κ3) is 28.3. The lowest BCUT2D eigenvalue weighted by atomic mass is 10.0. The van der Waals surface area contributed by atoms with Gasteiger partial charge < -0.3 is 71.4 Å². The predicted octanol–water partition coefficient (Wildman–Crippen LogP) is -0.696. The minimum Gasteiger partial charge on any atom is -0.508 e. The van der Waals surface area contributed by atoms with Crippen LogP contribution < -0.4 is 66.3 Å². The average molecular weight is 875 g/mol. The zero-order chi connectivity index (χ0) is 46.1. The number of aromatic hydroxyl groups is 1. The summed E-state index contributed by atoms with van der Waals surface area (Å²) in [7, 11) is 1.77. The minimum atomic E-state index is -0.575. The van der Waals surface area contributed by atoms with Gasteiger partial charge in [-0.2, -0.15) is 0 Å². The number of phenols is 1. The molecule has 0 spiro atoms. The van der Waals surface area contributed by atoms with Crippen LogP contribution in [0.4, 0.5) is 0 Å². The van der Waals surface area contributed by atoms with Gasteiger partial charge in [0.2, 0.25) is 29.5 Å². The molecule has 0 unspecified atom stereocenters. The van der Waals surface area contributed by atoms with E-state index < -0.39 is 18.1 Å². The Labute approximate surface area is 367 Å². The summed E-state index contributed by atoms with van der Waals surface area (Å²) in [4.78, 5) is 74.0. The van der Waals surface area contributed by atoms with E-state index in [1.54, 1.807) is 31.3 Å². The smallest absolute Gasteiger partial charge is 0.222 e. The predicted molar refractivity (Wildman–Crippen MR) is 244 cm³/mol. The van der Waals surface area contributed by atoms with Crippen LogP contribution in [0.25, 0.3) is 0 Å². The average Bonchev–Trinajstić information content (AvgIpc) is 3.20. The first-order valence-corrected chi connectivity index (χ1v) is 22.1. The number of likely N-dealkylation sites (N-methyl/N-ethyl adjacent to an activating group) is 1. The fourth-order valence-corrected chi connectivity index (χ4v) is 6.85. The first-order valence-electron chi connectivity index (χ1n) is 22.1. The highest BCUT2D eigenvalue weighted by molar-refractivity contribution is 5.83. The van der Waals surface area contributed by atoms with Crippen molar-refractivity contribution < 1.29 is 29.1 Å². The van der Waals surface area contributed by atoms with E-state index in [1.807, 2.05) is 6.92 Å². The van der Waals surface area contributed by atoms with Crippen molar-refractivity contribution in [3.63, 3.8) is 0 Å². The Bertz CT molecular complexity index is 1500. The van der Waals surface area contributed by atoms with E-state index >= 15 is 0 Å². The molecule has 19 N–H and O–H groups in total. The van der Waals surface area contributed by atoms with Crippen LogP contribution in [0.5, 0.6) is 5.75 Å². The molecule has 0 aliphatic carbocycles. The number of unbranched alkanes of at least 4 members (excludes halogenated alkanes) is 2. The number of aliphatic imine (C=N–C) groups is 2. The molecule has 62 heavy (non-hydrogen) atoms. The largest absolute Gasteiger partial charge is 0.508 e. The molecule has 20 heteroatoms. The second-order valence-corrected chi connectivity index (χ2v) is 15.7. The maximum Gasteiger partial charge on any atom is 0.222 e. The van der Waals surface area contributed by atoms with E-state index in [4.69, 9.17) is 34.4 Å². The van der Waals surface area contributed by atoms with E-state index in [1.165, 1.54) is 0 Å². The molecule has 5 amide bonds. The Morgan fingerprint density at radius 3 is 1.44 bits per heavy atom. The maximum absolute atomic E-state index is 13.5. The van der Waals surface area contributed by atoms with Gasteiger partial charge in [0.25, 0.3) is 0 Å². The van der Waals surface area contributed by atoms with Gasteiger partial charge in [-0.1, -0.05) is 31.9 Å². The third-order valence-corrected chi connectivity index (χ3v) is 10.2. The van der Waals surface area contributed by atoms with Crippen LogP contribution in [0.2, 0.25) is 0 Å². The molecule has 0 aliphatic heterocycles. The fraction of sp³-hybridized carbons (Fsp3) is 0.690. The number of nitrogens with zero attached hydrogens (tertiary/aromatic N) is 2. The molecule has 0 saturated heterocycles. The first-order chi connectivity index (χ1) is 29.7. The first kappa shape index (κ1) is 54.8. The van der Waals surface area contributed by atoms with Crippen molar-refractivity contribution in [2.45, 2.75) is 146 Å². The van der Waals surface area contributed by atoms with E-state index in [2.05, 4.69) is 41.9 Å². The third-order valence-electron chi connectivity index (χ3n) is 10.2. The van der Waals surface area contributed by atoms with Crippen molar-refractivity contribution in [2.24, 2.45) is 44.4 Å². The molecule has 0 aliphatic rings. The van der Waals surface area contributed by atoms with Gasteiger partial charge in [0.15, 0.2) is 11.9 Å². The van der Waals surface area contributed by atoms with Gasteiger partial charge in [-0.05, 0) is 102 Å². The van der Waals surface area contributed by atoms with Crippen LogP contribution >= 0.6 is 0 Å². The molecule has 0 heterocycles. The summed E-state index contributed by atoms with van der Waals surface area (Å²) in [5, 5.41) is 27.5. The lowest BCUT2D eigenvalue weighted by Crippen LogP contribution is -2.46. The number of nitrogens with one attached hydrogen (secondary N) is 6. The lowest BCUT2D eigenvalue weighted by Gasteiger charge is -2.24. The summed E-state index contributed by atoms with van der Waals surface area (Å²) in [6.07, 6.45) is 7.67. The summed E-state index contributed by atoms with van der Waals surface area (Å²) < 4.78 is 0. The van der Waals surface area contributed by atoms with Crippen molar-refractivity contribution in [3.8, 4) is 5.75 Å². The van der Waals surface area contributed by atoms with Crippen LogP contribution in [0, 0.1) is 0 Å². The molecule has 0 bridgehead atoms. The summed E-state index contributed by atoms with van der Waals surface area (Å²) >= 11 is 0. The second kappa shape index (κ2) is 33.4. The molecule has 1 rings (SSSR count). The van der Waals surface area contributed by atoms with Gasteiger partial charge in [-0.15, -0.1) is 0 Å². The Kier molecular flexibility index (Phi) is 29.5. The SMILES string of the molecule is CC[C@H](CCCN=C(N)N)NC(=O)C[C@H](CCCCN)NC(=O)C[C@H](CCCCN)NC(=O)C[C@H](CCCN=C(N)N)NC(=O)CCNC(=O)C[C@H](Cc1ccc(O)cc1)NC. The van der Waals surface area contributed by atoms with Crippen LogP contribution in [0.15, 0.2) is 34.3 Å². The number of benzene rings is 1. The van der Waals surface area contributed by atoms with Crippen molar-refractivity contribution in [3.05, 3.63) is 29.8 Å². The molecule has 0 fully saturated rings. The summed E-state index contributed by atoms with van der Waals surface area (Å²) in [5.74, 6) is -1.28. The number of rotatable bonds is 35. The zero-order valence-electron chi connectivity index (χ0n) is 37.1. The molecule has 1 aromatic rings. The van der Waals surface area contributed by atoms with Crippen LogP contribution in [0.1, 0.15) is 115 Å². The molecule has 20 nitrogen and oxygen atoms in total. The number of phenolic OH excluding ortho intramolecular Hbond substituents is 1. The maximum atomic E-state index is 13.5. The Morgan fingerprint density at radius 2 is 1.00 bits per heavy atom. The van der Waals surface area contributed by atoms with Crippen molar-refractivity contribution in [1.82, 2.24) is 31.9 Å². The van der Waals surface area contributed by atoms with Gasteiger partial charge in [-0.3, -0.25) is 34.0 Å². The molecule has 352 valence electrons. The topological polar surface area (TPSA) is 359 Å². The number of hydrogen-bond donors (Lipinski definition) is 13. The normalized spacial score (nSPS) is 13.4. The van der Waals surface area contributed by atoms with E-state index in [0.29, 0.717) is 84.0 Å². The highest BCUT2D eigenvalue weighted by Gasteiger charge is 2.24. The Hall–Kier alpha value is -5.21. The van der Waals surface area contributed by atoms with Crippen molar-refractivity contribution in [1.29, 1.82) is 0 Å². The van der Waals surface area contributed by atoms with Gasteiger partial charge in [-0.25, -0.2) is 0 Å². The van der Waals surface area contributed by atoms with E-state index in [0.717, 1.165) is 24.8 Å². The standard InChI is InChI=1S/C42H78N14O6/c1-3-30(12-8-21-51-41(45)46)53-38(60)25-31(10-4-6-19-43)55-39(61)26-32(11-5-7-20-44)56-40(62)27-33(13-9-22-52-42(47)48)54-36(58)18-23-50-37(59)28-34(49-2)24-29-14-16-35(57)17-15-29/h14-17,30-34,49,57H,3-13,18-28,43-44H2,1-2H3,(H,50,59)(H,53,60)(H,54,58)(H,55,61)(H,56,62)(H4,45,46,51)(H4,47,48,52)/t30-,31+,32+,33+,34+/m1/s1. The fourth-order valence-electron chi connectivity index (χ4n) is 6.85. The Morgan fingerprint density at radius 1 is 0.581 bits per heavy atom. The van der Waals surface area contributed by atoms with Crippen molar-refractivity contribution in [2.75, 3.05) is 39.8 Å². The number of amides is 5. The van der Waals surface area contributed by atoms with Crippen LogP contribution in [-0.2, 0) is 30.4 Å². The number of guanidine groups is 2. The number of carbonyl (C=O) groups is 5. The van der Waals surface area contributed by atoms with Crippen LogP contribution in [-0.4, -0.2) is 117 Å². The van der Waals surface area contributed by atoms with E-state index in [-0.39, 0.29) is 97.9 Å². The molecular weight excluding hydrogens is 797 g/mol. The van der Waals surface area contributed by atoms with Gasteiger partial charge in [0.05, 0.1) is 0 Å². The number of carbonyl (C=O) groups excluding carboxylic acids is 5. The van der Waals surface area contributed by atoms with E-state index in [9.17, 15) is 29.1 Å². The minimum absolute atomic E-state index is 0.00910. The summed E-state index contributed by atoms with van der Waals surface area (Å²) in [5.41, 5.74) is 34.2. The highest BCUT2D eigenvalue weighted by Crippen LogP contribution is 2.14. The summed E-state index contributed by atoms with van der Waals surface area (Å²) in [6.45, 7) is 3.80. The quantitative estimate of drug-likeness (QED) is 0.0228. The van der Waals surface area contributed by atoms with Crippen LogP contribution in [0.3, 0.4) is 0 Å².